The van der Waals surface area contributed by atoms with E-state index in [0.717, 1.165) is 55.0 Å². The third-order valence-corrected chi connectivity index (χ3v) is 14.4. The number of ether oxygens (including phenoxy) is 1. The van der Waals surface area contributed by atoms with Crippen molar-refractivity contribution in [2.45, 2.75) is 123 Å². The van der Waals surface area contributed by atoms with Gasteiger partial charge >= 0.3 is 0 Å². The van der Waals surface area contributed by atoms with Gasteiger partial charge in [-0.25, -0.2) is 0 Å². The van der Waals surface area contributed by atoms with Gasteiger partial charge in [0.1, 0.15) is 6.23 Å². The Morgan fingerprint density at radius 2 is 1.78 bits per heavy atom. The van der Waals surface area contributed by atoms with Crippen molar-refractivity contribution in [3.8, 4) is 0 Å². The fourth-order valence-corrected chi connectivity index (χ4v) is 11.5. The summed E-state index contributed by atoms with van der Waals surface area (Å²) in [5, 5.41) is 7.74. The van der Waals surface area contributed by atoms with E-state index in [4.69, 9.17) is 10.5 Å². The van der Waals surface area contributed by atoms with Crippen LogP contribution < -0.4 is 16.4 Å². The number of benzene rings is 1. The van der Waals surface area contributed by atoms with Gasteiger partial charge in [-0.2, -0.15) is 0 Å². The van der Waals surface area contributed by atoms with Gasteiger partial charge in [0.05, 0.1) is 6.10 Å². The number of nitrogens with one attached hydrogen (secondary N) is 2. The first kappa shape index (κ1) is 30.6. The summed E-state index contributed by atoms with van der Waals surface area (Å²) in [6, 6.07) is 9.29. The van der Waals surface area contributed by atoms with Crippen molar-refractivity contribution in [2.75, 3.05) is 13.1 Å². The van der Waals surface area contributed by atoms with Gasteiger partial charge in [0.25, 0.3) is 0 Å². The maximum absolute atomic E-state index is 6.83. The Morgan fingerprint density at radius 1 is 1.00 bits per heavy atom. The first-order valence-corrected chi connectivity index (χ1v) is 18.0. The van der Waals surface area contributed by atoms with Crippen molar-refractivity contribution in [1.82, 2.24) is 10.6 Å². The highest BCUT2D eigenvalue weighted by molar-refractivity contribution is 9.10. The highest BCUT2D eigenvalue weighted by Crippen LogP contribution is 2.69. The van der Waals surface area contributed by atoms with Crippen LogP contribution in [0.5, 0.6) is 0 Å². The molecule has 8 unspecified atom stereocenters. The van der Waals surface area contributed by atoms with Crippen LogP contribution in [0.25, 0.3) is 0 Å². The van der Waals surface area contributed by atoms with Crippen LogP contribution >= 0.6 is 15.9 Å². The fraction of sp³-hybridized carbons (Fsp3) is 0.833. The van der Waals surface area contributed by atoms with Crippen molar-refractivity contribution in [1.29, 1.82) is 0 Å². The molecular formula is C36H58BrN3O. The maximum atomic E-state index is 6.83. The fourth-order valence-electron chi connectivity index (χ4n) is 11.1. The molecule has 5 heteroatoms. The van der Waals surface area contributed by atoms with Gasteiger partial charge in [0, 0.05) is 35.6 Å². The van der Waals surface area contributed by atoms with Crippen LogP contribution in [-0.2, 0) is 11.2 Å². The van der Waals surface area contributed by atoms with Crippen LogP contribution in [0.4, 0.5) is 0 Å². The average Bonchev–Trinajstić information content (AvgIpc) is 3.44. The predicted molar refractivity (Wildman–Crippen MR) is 173 cm³/mol. The maximum Gasteiger partial charge on any atom is 0.111 e. The predicted octanol–water partition coefficient (Wildman–Crippen LogP) is 7.54. The summed E-state index contributed by atoms with van der Waals surface area (Å²) in [7, 11) is 0. The van der Waals surface area contributed by atoms with Crippen LogP contribution in [0.3, 0.4) is 0 Å². The van der Waals surface area contributed by atoms with Crippen LogP contribution in [-0.4, -0.2) is 37.5 Å². The van der Waals surface area contributed by atoms with Crippen molar-refractivity contribution < 1.29 is 4.74 Å². The Hall–Kier alpha value is -0.460. The summed E-state index contributed by atoms with van der Waals surface area (Å²) in [5.41, 5.74) is 8.89. The van der Waals surface area contributed by atoms with Gasteiger partial charge in [-0.3, -0.25) is 5.32 Å². The Kier molecular flexibility index (Phi) is 9.05. The van der Waals surface area contributed by atoms with E-state index in [9.17, 15) is 0 Å². The molecule has 13 atom stereocenters. The lowest BCUT2D eigenvalue weighted by Gasteiger charge is -2.61. The van der Waals surface area contributed by atoms with Crippen LogP contribution in [0.2, 0.25) is 0 Å². The molecule has 0 spiro atoms. The molecule has 4 nitrogen and oxygen atoms in total. The topological polar surface area (TPSA) is 59.3 Å². The number of nitrogens with two attached hydrogens (primary N) is 1. The minimum atomic E-state index is 0.157. The van der Waals surface area contributed by atoms with Gasteiger partial charge in [-0.1, -0.05) is 75.2 Å². The summed E-state index contributed by atoms with van der Waals surface area (Å²) in [6.07, 6.45) is 14.0. The molecule has 5 fully saturated rings. The molecule has 4 aliphatic carbocycles. The molecule has 1 aliphatic heterocycles. The highest BCUT2D eigenvalue weighted by atomic mass is 79.9. The average molecular weight is 629 g/mol. The van der Waals surface area contributed by atoms with E-state index in [2.05, 4.69) is 85.4 Å². The van der Waals surface area contributed by atoms with Crippen LogP contribution in [0.15, 0.2) is 28.7 Å². The molecule has 4 saturated carbocycles. The largest absolute Gasteiger partial charge is 0.360 e. The minimum absolute atomic E-state index is 0.157. The number of hydrogen-bond donors (Lipinski definition) is 3. The first-order valence-electron chi connectivity index (χ1n) is 17.2. The Balaban J connectivity index is 1.05. The molecule has 1 heterocycles. The molecule has 230 valence electrons. The monoisotopic (exact) mass is 627 g/mol. The van der Waals surface area contributed by atoms with E-state index in [1.807, 2.05) is 0 Å². The first-order chi connectivity index (χ1) is 19.6. The number of fused-ring (bicyclic) bond motifs is 7. The minimum Gasteiger partial charge on any atom is -0.360 e. The molecule has 6 rings (SSSR count). The molecule has 1 aromatic rings. The van der Waals surface area contributed by atoms with Crippen molar-refractivity contribution in [2.24, 2.45) is 58.0 Å². The molecule has 1 aromatic carbocycles. The summed E-state index contributed by atoms with van der Waals surface area (Å²) < 4.78 is 8.01. The molecule has 41 heavy (non-hydrogen) atoms. The van der Waals surface area contributed by atoms with Gasteiger partial charge in [0.2, 0.25) is 0 Å². The third kappa shape index (κ3) is 5.62. The van der Waals surface area contributed by atoms with E-state index < -0.39 is 0 Å². The molecule has 0 amide bonds. The van der Waals surface area contributed by atoms with E-state index in [0.29, 0.717) is 28.9 Å². The quantitative estimate of drug-likeness (QED) is 0.265. The second-order valence-corrected chi connectivity index (χ2v) is 16.6. The lowest BCUT2D eigenvalue weighted by Crippen LogP contribution is -2.56. The molecule has 4 N–H and O–H groups in total. The second kappa shape index (κ2) is 12.1. The lowest BCUT2D eigenvalue weighted by molar-refractivity contribution is -0.119. The molecule has 0 aromatic heterocycles. The molecule has 0 bridgehead atoms. The number of rotatable bonds is 9. The van der Waals surface area contributed by atoms with Crippen molar-refractivity contribution in [3.63, 3.8) is 0 Å². The van der Waals surface area contributed by atoms with Crippen molar-refractivity contribution >= 4 is 15.9 Å². The van der Waals surface area contributed by atoms with E-state index in [1.165, 1.54) is 67.8 Å². The van der Waals surface area contributed by atoms with E-state index >= 15 is 0 Å². The molecule has 1 saturated heterocycles. The van der Waals surface area contributed by atoms with Gasteiger partial charge in [-0.05, 0) is 116 Å². The number of halogens is 1. The van der Waals surface area contributed by atoms with E-state index in [1.54, 1.807) is 0 Å². The highest BCUT2D eigenvalue weighted by Gasteiger charge is 2.65. The zero-order valence-electron chi connectivity index (χ0n) is 26.5. The standard InChI is InChI=1S/C36H58BrN3O/c1-6-22(2)20-40-34-23(3)33-32(41-34)19-30-28-12-11-25-18-27(13-15-35(25,4)29(28)14-16-36(30,33)5)39-21-26(38)17-24-9-7-8-10-31(24)37/h7-10,22-23,25-30,32-34,39-40H,6,11-21,38H2,1-5H3/t22-,23?,25?,26?,27?,28?,29?,30?,32-,33?,34-,35-,36-/m0/s1. The summed E-state index contributed by atoms with van der Waals surface area (Å²) in [6.45, 7) is 14.5. The van der Waals surface area contributed by atoms with Crippen LogP contribution in [0.1, 0.15) is 98.0 Å². The van der Waals surface area contributed by atoms with Gasteiger partial charge < -0.3 is 15.8 Å². The zero-order valence-corrected chi connectivity index (χ0v) is 28.1. The van der Waals surface area contributed by atoms with Gasteiger partial charge in [0.15, 0.2) is 0 Å². The normalized spacial score (nSPS) is 44.9. The lowest BCUT2D eigenvalue weighted by atomic mass is 9.44. The van der Waals surface area contributed by atoms with Crippen LogP contribution in [0, 0.1) is 52.3 Å². The van der Waals surface area contributed by atoms with E-state index in [-0.39, 0.29) is 12.3 Å². The number of hydrogen-bond acceptors (Lipinski definition) is 4. The second-order valence-electron chi connectivity index (χ2n) is 15.8. The summed E-state index contributed by atoms with van der Waals surface area (Å²) in [4.78, 5) is 0. The summed E-state index contributed by atoms with van der Waals surface area (Å²) >= 11 is 3.69. The molecule has 0 radical (unpaired) electrons. The SMILES string of the molecule is CC[C@H](C)CN[C@H]1O[C@H]2CC3C4CCC5CC(NCC(N)Cc6ccccc6Br)CC[C@]5(C)C4CC[C@]3(C)C2C1C. The van der Waals surface area contributed by atoms with Gasteiger partial charge in [-0.15, -0.1) is 0 Å². The Bertz CT molecular complexity index is 1050. The van der Waals surface area contributed by atoms with Crippen molar-refractivity contribution in [3.05, 3.63) is 34.3 Å². The third-order valence-electron chi connectivity index (χ3n) is 13.6. The smallest absolute Gasteiger partial charge is 0.111 e. The Labute approximate surface area is 259 Å². The Morgan fingerprint density at radius 3 is 2.56 bits per heavy atom. The molecule has 5 aliphatic rings. The zero-order chi connectivity index (χ0) is 28.9. The summed E-state index contributed by atoms with van der Waals surface area (Å²) in [5.74, 6) is 5.62. The molecular weight excluding hydrogens is 570 g/mol.